The fraction of sp³-hybridized carbons (Fsp3) is 0.600. The molecule has 4 heterocycles. The maximum Gasteiger partial charge on any atom is 0.236 e. The van der Waals surface area contributed by atoms with Crippen molar-refractivity contribution in [2.45, 2.75) is 56.8 Å². The minimum atomic E-state index is -0.116. The molecule has 1 aromatic heterocycles. The standard InChI is InChI=1S/C30H41N5O3/c1-37-26-9-8-23(27(19-26)38-2)20-35-21-24-5-4-12-31-29(24)30(35)10-13-32(14-11-30)22-28(36)34-17-15-33(16-18-34)25-6-3-7-25/h4-5,8-9,12,19,25H,3,6-7,10-11,13-18,20-22H2,1-2H3. The number of pyridine rings is 1. The Morgan fingerprint density at radius 3 is 2.50 bits per heavy atom. The minimum Gasteiger partial charge on any atom is -0.497 e. The molecule has 0 atom stereocenters. The normalized spacial score (nSPS) is 22.3. The number of nitrogens with zero attached hydrogens (tertiary/aromatic N) is 5. The van der Waals surface area contributed by atoms with Gasteiger partial charge in [-0.15, -0.1) is 0 Å². The van der Waals surface area contributed by atoms with Crippen molar-refractivity contribution >= 4 is 5.91 Å². The van der Waals surface area contributed by atoms with E-state index in [0.717, 1.165) is 88.3 Å². The zero-order valence-corrected chi connectivity index (χ0v) is 22.9. The summed E-state index contributed by atoms with van der Waals surface area (Å²) in [5, 5.41) is 0. The maximum atomic E-state index is 13.2. The molecule has 0 bridgehead atoms. The number of carbonyl (C=O) groups is 1. The van der Waals surface area contributed by atoms with Gasteiger partial charge in [-0.3, -0.25) is 24.5 Å². The van der Waals surface area contributed by atoms with Gasteiger partial charge in [0.05, 0.1) is 32.0 Å². The summed E-state index contributed by atoms with van der Waals surface area (Å²) in [5.74, 6) is 1.94. The molecule has 4 aliphatic rings. The lowest BCUT2D eigenvalue weighted by molar-refractivity contribution is -0.135. The fourth-order valence-corrected chi connectivity index (χ4v) is 6.90. The first kappa shape index (κ1) is 25.6. The first-order chi connectivity index (χ1) is 18.6. The number of hydrogen-bond acceptors (Lipinski definition) is 7. The van der Waals surface area contributed by atoms with Crippen LogP contribution < -0.4 is 9.47 Å². The summed E-state index contributed by atoms with van der Waals surface area (Å²) in [7, 11) is 3.40. The van der Waals surface area contributed by atoms with E-state index in [0.29, 0.717) is 12.5 Å². The van der Waals surface area contributed by atoms with Crippen LogP contribution in [0.15, 0.2) is 36.5 Å². The summed E-state index contributed by atoms with van der Waals surface area (Å²) in [6.07, 6.45) is 7.91. The minimum absolute atomic E-state index is 0.116. The van der Waals surface area contributed by atoms with Crippen molar-refractivity contribution in [3.05, 3.63) is 53.3 Å². The predicted molar refractivity (Wildman–Crippen MR) is 146 cm³/mol. The molecule has 2 saturated heterocycles. The number of fused-ring (bicyclic) bond motifs is 2. The van der Waals surface area contributed by atoms with Crippen LogP contribution in [-0.4, -0.2) is 96.6 Å². The monoisotopic (exact) mass is 519 g/mol. The molecule has 1 amide bonds. The Bertz CT molecular complexity index is 1140. The van der Waals surface area contributed by atoms with Gasteiger partial charge >= 0.3 is 0 Å². The van der Waals surface area contributed by atoms with E-state index in [1.807, 2.05) is 24.4 Å². The molecule has 0 N–H and O–H groups in total. The van der Waals surface area contributed by atoms with E-state index in [2.05, 4.69) is 31.7 Å². The Morgan fingerprint density at radius 1 is 1.03 bits per heavy atom. The zero-order chi connectivity index (χ0) is 26.1. The van der Waals surface area contributed by atoms with E-state index in [4.69, 9.17) is 14.5 Å². The average Bonchev–Trinajstić information content (AvgIpc) is 3.22. The van der Waals surface area contributed by atoms with Crippen LogP contribution in [0.3, 0.4) is 0 Å². The lowest BCUT2D eigenvalue weighted by atomic mass is 9.83. The number of amides is 1. The largest absolute Gasteiger partial charge is 0.497 e. The summed E-state index contributed by atoms with van der Waals surface area (Å²) in [5.41, 5.74) is 3.56. The van der Waals surface area contributed by atoms with Crippen LogP contribution in [0.25, 0.3) is 0 Å². The number of carbonyl (C=O) groups excluding carboxylic acids is 1. The van der Waals surface area contributed by atoms with Gasteiger partial charge in [0.25, 0.3) is 0 Å². The van der Waals surface area contributed by atoms with Crippen LogP contribution in [0.4, 0.5) is 0 Å². The molecule has 1 aromatic carbocycles. The second kappa shape index (κ2) is 10.8. The highest BCUT2D eigenvalue weighted by Crippen LogP contribution is 2.46. The van der Waals surface area contributed by atoms with E-state index in [1.54, 1.807) is 14.2 Å². The van der Waals surface area contributed by atoms with Gasteiger partial charge in [0.1, 0.15) is 11.5 Å². The summed E-state index contributed by atoms with van der Waals surface area (Å²) in [4.78, 5) is 27.7. The van der Waals surface area contributed by atoms with E-state index < -0.39 is 0 Å². The number of hydrogen-bond donors (Lipinski definition) is 0. The van der Waals surface area contributed by atoms with Crippen molar-refractivity contribution in [3.63, 3.8) is 0 Å². The second-order valence-corrected chi connectivity index (χ2v) is 11.4. The van der Waals surface area contributed by atoms with Crippen molar-refractivity contribution in [1.29, 1.82) is 0 Å². The van der Waals surface area contributed by atoms with Crippen LogP contribution in [0.1, 0.15) is 48.9 Å². The van der Waals surface area contributed by atoms with Crippen molar-refractivity contribution in [3.8, 4) is 11.5 Å². The highest BCUT2D eigenvalue weighted by atomic mass is 16.5. The molecule has 38 heavy (non-hydrogen) atoms. The van der Waals surface area contributed by atoms with Crippen molar-refractivity contribution in [2.75, 3.05) is 60.0 Å². The molecule has 6 rings (SSSR count). The number of ether oxygens (including phenoxy) is 2. The SMILES string of the molecule is COc1ccc(CN2Cc3cccnc3C23CCN(CC(=O)N2CCN(C4CCC4)CC2)CC3)c(OC)c1. The van der Waals surface area contributed by atoms with E-state index >= 15 is 0 Å². The smallest absolute Gasteiger partial charge is 0.236 e. The molecule has 0 unspecified atom stereocenters. The topological polar surface area (TPSA) is 61.4 Å². The third-order valence-electron chi connectivity index (χ3n) is 9.45. The number of benzene rings is 1. The molecule has 3 fully saturated rings. The maximum absolute atomic E-state index is 13.2. The van der Waals surface area contributed by atoms with Crippen LogP contribution >= 0.6 is 0 Å². The van der Waals surface area contributed by atoms with E-state index in [-0.39, 0.29) is 5.54 Å². The Labute approximate surface area is 226 Å². The Balaban J connectivity index is 1.11. The van der Waals surface area contributed by atoms with E-state index in [1.165, 1.54) is 30.5 Å². The molecule has 2 aromatic rings. The molecule has 204 valence electrons. The number of aromatic nitrogens is 1. The number of likely N-dealkylation sites (tertiary alicyclic amines) is 1. The lowest BCUT2D eigenvalue weighted by Gasteiger charge is -2.46. The Morgan fingerprint density at radius 2 is 1.82 bits per heavy atom. The van der Waals surface area contributed by atoms with Crippen molar-refractivity contribution in [2.24, 2.45) is 0 Å². The Kier molecular flexibility index (Phi) is 7.29. The summed E-state index contributed by atoms with van der Waals surface area (Å²) < 4.78 is 11.1. The van der Waals surface area contributed by atoms with E-state index in [9.17, 15) is 4.79 Å². The summed E-state index contributed by atoms with van der Waals surface area (Å²) >= 11 is 0. The number of piperidine rings is 1. The quantitative estimate of drug-likeness (QED) is 0.557. The molecule has 1 aliphatic carbocycles. The highest BCUT2D eigenvalue weighted by molar-refractivity contribution is 5.78. The van der Waals surface area contributed by atoms with Gasteiger partial charge in [-0.1, -0.05) is 18.6 Å². The van der Waals surface area contributed by atoms with Gasteiger partial charge in [-0.05, 0) is 43.4 Å². The molecule has 1 saturated carbocycles. The van der Waals surface area contributed by atoms with Gasteiger partial charge in [-0.2, -0.15) is 0 Å². The summed E-state index contributed by atoms with van der Waals surface area (Å²) in [6, 6.07) is 11.1. The van der Waals surface area contributed by atoms with Crippen LogP contribution in [-0.2, 0) is 23.4 Å². The third-order valence-corrected chi connectivity index (χ3v) is 9.45. The molecule has 8 nitrogen and oxygen atoms in total. The second-order valence-electron chi connectivity index (χ2n) is 11.4. The molecule has 0 radical (unpaired) electrons. The van der Waals surface area contributed by atoms with Gasteiger partial charge in [-0.25, -0.2) is 0 Å². The fourth-order valence-electron chi connectivity index (χ4n) is 6.90. The van der Waals surface area contributed by atoms with Crippen molar-refractivity contribution < 1.29 is 14.3 Å². The Hall–Kier alpha value is -2.68. The number of rotatable bonds is 7. The first-order valence-electron chi connectivity index (χ1n) is 14.2. The molecule has 8 heteroatoms. The number of piperazine rings is 1. The van der Waals surface area contributed by atoms with Gasteiger partial charge in [0, 0.05) is 76.2 Å². The van der Waals surface area contributed by atoms with Crippen LogP contribution in [0.2, 0.25) is 0 Å². The van der Waals surface area contributed by atoms with Gasteiger partial charge < -0.3 is 14.4 Å². The van der Waals surface area contributed by atoms with Gasteiger partial charge in [0.15, 0.2) is 0 Å². The molecular formula is C30H41N5O3. The zero-order valence-electron chi connectivity index (χ0n) is 22.9. The number of methoxy groups -OCH3 is 2. The predicted octanol–water partition coefficient (Wildman–Crippen LogP) is 3.10. The lowest BCUT2D eigenvalue weighted by Crippen LogP contribution is -2.56. The first-order valence-corrected chi connectivity index (χ1v) is 14.2. The summed E-state index contributed by atoms with van der Waals surface area (Å²) in [6.45, 7) is 7.82. The van der Waals surface area contributed by atoms with Gasteiger partial charge in [0.2, 0.25) is 5.91 Å². The average molecular weight is 520 g/mol. The van der Waals surface area contributed by atoms with Crippen LogP contribution in [0, 0.1) is 0 Å². The molecule has 3 aliphatic heterocycles. The van der Waals surface area contributed by atoms with Crippen molar-refractivity contribution in [1.82, 2.24) is 24.6 Å². The van der Waals surface area contributed by atoms with Crippen LogP contribution in [0.5, 0.6) is 11.5 Å². The highest BCUT2D eigenvalue weighted by Gasteiger charge is 2.48. The third kappa shape index (κ3) is 4.78. The molecular weight excluding hydrogens is 478 g/mol. The molecule has 1 spiro atoms.